The number of para-hydroxylation sites is 1. The van der Waals surface area contributed by atoms with Crippen LogP contribution in [-0.2, 0) is 11.3 Å². The van der Waals surface area contributed by atoms with E-state index < -0.39 is 12.3 Å². The predicted molar refractivity (Wildman–Crippen MR) is 104 cm³/mol. The minimum atomic E-state index is -4.72. The monoisotopic (exact) mass is 417 g/mol. The minimum Gasteiger partial charge on any atom is -0.491 e. The lowest BCUT2D eigenvalue weighted by Gasteiger charge is -2.09. The first-order valence-electron chi connectivity index (χ1n) is 9.09. The van der Waals surface area contributed by atoms with Gasteiger partial charge in [-0.3, -0.25) is 4.79 Å². The average molecular weight is 417 g/mol. The van der Waals surface area contributed by atoms with Crippen LogP contribution in [0.1, 0.15) is 18.4 Å². The standard InChI is InChI=1S/C22H18F3NO4/c23-22(24,25)30-18-10-8-16(9-11-18)5-2-1-3-14-29-19-7-4-6-17-12-13-26(21(17)19)15-20(27)28/h4,6-13H,1,3,14-15H2,(H,27,28). The molecule has 0 aliphatic heterocycles. The summed E-state index contributed by atoms with van der Waals surface area (Å²) in [4.78, 5) is 11.0. The highest BCUT2D eigenvalue weighted by molar-refractivity contribution is 5.87. The van der Waals surface area contributed by atoms with Crippen molar-refractivity contribution >= 4 is 16.9 Å². The van der Waals surface area contributed by atoms with Gasteiger partial charge in [0.25, 0.3) is 0 Å². The number of halogens is 3. The summed E-state index contributed by atoms with van der Waals surface area (Å²) in [5.74, 6) is 5.21. The number of carboxylic acids is 1. The van der Waals surface area contributed by atoms with Crippen molar-refractivity contribution in [2.75, 3.05) is 6.61 Å². The van der Waals surface area contributed by atoms with Crippen LogP contribution in [0.5, 0.6) is 11.5 Å². The normalized spacial score (nSPS) is 11.0. The SMILES string of the molecule is O=C(O)Cn1ccc2cccc(OCCCC#Cc3ccc(OC(F)(F)F)cc3)c21. The molecular formula is C22H18F3NO4. The molecular weight excluding hydrogens is 399 g/mol. The Morgan fingerprint density at radius 2 is 1.87 bits per heavy atom. The quantitative estimate of drug-likeness (QED) is 0.442. The third-order valence-corrected chi connectivity index (χ3v) is 4.08. The van der Waals surface area contributed by atoms with Crippen LogP contribution in [0.25, 0.3) is 10.9 Å². The fourth-order valence-corrected chi connectivity index (χ4v) is 2.87. The number of carbonyl (C=O) groups is 1. The fraction of sp³-hybridized carbons (Fsp3) is 0.227. The summed E-state index contributed by atoms with van der Waals surface area (Å²) in [6.45, 7) is 0.243. The molecule has 30 heavy (non-hydrogen) atoms. The van der Waals surface area contributed by atoms with Crippen LogP contribution in [0.15, 0.2) is 54.7 Å². The van der Waals surface area contributed by atoms with E-state index in [0.717, 1.165) is 10.9 Å². The third-order valence-electron chi connectivity index (χ3n) is 4.08. The van der Waals surface area contributed by atoms with Gasteiger partial charge in [-0.2, -0.15) is 0 Å². The van der Waals surface area contributed by atoms with E-state index in [0.29, 0.717) is 30.8 Å². The summed E-state index contributed by atoms with van der Waals surface area (Å²) >= 11 is 0. The molecule has 2 aromatic carbocycles. The van der Waals surface area contributed by atoms with Crippen LogP contribution in [-0.4, -0.2) is 28.6 Å². The van der Waals surface area contributed by atoms with Gasteiger partial charge in [0.05, 0.1) is 12.1 Å². The topological polar surface area (TPSA) is 60.7 Å². The Balaban J connectivity index is 1.52. The summed E-state index contributed by atoms with van der Waals surface area (Å²) in [6, 6.07) is 12.7. The van der Waals surface area contributed by atoms with Crippen molar-refractivity contribution in [3.63, 3.8) is 0 Å². The molecule has 3 rings (SSSR count). The van der Waals surface area contributed by atoms with E-state index in [4.69, 9.17) is 9.84 Å². The molecule has 0 aliphatic carbocycles. The van der Waals surface area contributed by atoms with E-state index in [2.05, 4.69) is 16.6 Å². The van der Waals surface area contributed by atoms with Crippen LogP contribution >= 0.6 is 0 Å². The molecule has 8 heteroatoms. The van der Waals surface area contributed by atoms with E-state index in [-0.39, 0.29) is 12.3 Å². The van der Waals surface area contributed by atoms with Crippen molar-refractivity contribution in [1.29, 1.82) is 0 Å². The second-order valence-corrected chi connectivity index (χ2v) is 6.36. The number of fused-ring (bicyclic) bond motifs is 1. The van der Waals surface area contributed by atoms with Crippen molar-refractivity contribution in [3.05, 3.63) is 60.3 Å². The maximum absolute atomic E-state index is 12.1. The maximum Gasteiger partial charge on any atom is 0.573 e. The number of aromatic nitrogens is 1. The lowest BCUT2D eigenvalue weighted by atomic mass is 10.2. The molecule has 0 saturated heterocycles. The molecule has 156 valence electrons. The van der Waals surface area contributed by atoms with Crippen LogP contribution in [0.2, 0.25) is 0 Å². The van der Waals surface area contributed by atoms with E-state index in [1.54, 1.807) is 16.8 Å². The molecule has 0 atom stereocenters. The zero-order chi connectivity index (χ0) is 21.6. The number of alkyl halides is 3. The minimum absolute atomic E-state index is 0.151. The third kappa shape index (κ3) is 5.95. The molecule has 0 aliphatic rings. The summed E-state index contributed by atoms with van der Waals surface area (Å²) in [7, 11) is 0. The number of carboxylic acid groups (broad SMARTS) is 1. The zero-order valence-corrected chi connectivity index (χ0v) is 15.8. The smallest absolute Gasteiger partial charge is 0.491 e. The van der Waals surface area contributed by atoms with Gasteiger partial charge in [0.15, 0.2) is 0 Å². The molecule has 1 N–H and O–H groups in total. The summed E-state index contributed by atoms with van der Waals surface area (Å²) < 4.78 is 47.7. The number of nitrogens with zero attached hydrogens (tertiary/aromatic N) is 1. The molecule has 0 saturated carbocycles. The zero-order valence-electron chi connectivity index (χ0n) is 15.8. The number of hydrogen-bond donors (Lipinski definition) is 1. The summed E-state index contributed by atoms with van der Waals surface area (Å²) in [6.07, 6.45) is -1.83. The number of unbranched alkanes of at least 4 members (excludes halogenated alkanes) is 1. The number of hydrogen-bond acceptors (Lipinski definition) is 3. The van der Waals surface area contributed by atoms with Gasteiger partial charge in [0, 0.05) is 23.6 Å². The summed E-state index contributed by atoms with van der Waals surface area (Å²) in [5.41, 5.74) is 1.31. The Labute approximate surface area is 170 Å². The van der Waals surface area contributed by atoms with Gasteiger partial charge in [-0.15, -0.1) is 13.2 Å². The Morgan fingerprint density at radius 1 is 1.10 bits per heavy atom. The highest BCUT2D eigenvalue weighted by Gasteiger charge is 2.30. The number of rotatable bonds is 7. The van der Waals surface area contributed by atoms with E-state index in [1.165, 1.54) is 24.3 Å². The largest absolute Gasteiger partial charge is 0.573 e. The van der Waals surface area contributed by atoms with Gasteiger partial charge in [-0.05, 0) is 42.8 Å². The second-order valence-electron chi connectivity index (χ2n) is 6.36. The van der Waals surface area contributed by atoms with Gasteiger partial charge in [0.2, 0.25) is 0 Å². The van der Waals surface area contributed by atoms with Gasteiger partial charge >= 0.3 is 12.3 Å². The molecule has 5 nitrogen and oxygen atoms in total. The Bertz CT molecular complexity index is 1080. The van der Waals surface area contributed by atoms with Gasteiger partial charge in [-0.25, -0.2) is 0 Å². The molecule has 0 radical (unpaired) electrons. The van der Waals surface area contributed by atoms with Gasteiger partial charge in [-0.1, -0.05) is 24.0 Å². The Kier molecular flexibility index (Phi) is 6.52. The molecule has 0 amide bonds. The van der Waals surface area contributed by atoms with E-state index in [9.17, 15) is 18.0 Å². The van der Waals surface area contributed by atoms with Crippen molar-refractivity contribution in [1.82, 2.24) is 4.57 Å². The van der Waals surface area contributed by atoms with Gasteiger partial charge in [0.1, 0.15) is 18.0 Å². The highest BCUT2D eigenvalue weighted by atomic mass is 19.4. The average Bonchev–Trinajstić information content (AvgIpc) is 3.07. The molecule has 0 fully saturated rings. The maximum atomic E-state index is 12.1. The van der Waals surface area contributed by atoms with Crippen LogP contribution < -0.4 is 9.47 Å². The lowest BCUT2D eigenvalue weighted by Crippen LogP contribution is -2.16. The fourth-order valence-electron chi connectivity index (χ4n) is 2.87. The molecule has 3 aromatic rings. The second kappa shape index (κ2) is 9.27. The van der Waals surface area contributed by atoms with Crippen LogP contribution in [0.4, 0.5) is 13.2 Å². The summed E-state index contributed by atoms with van der Waals surface area (Å²) in [5, 5.41) is 9.93. The molecule has 0 spiro atoms. The van der Waals surface area contributed by atoms with Crippen LogP contribution in [0.3, 0.4) is 0 Å². The molecule has 0 bridgehead atoms. The lowest BCUT2D eigenvalue weighted by molar-refractivity contribution is -0.274. The van der Waals surface area contributed by atoms with Crippen LogP contribution in [0, 0.1) is 11.8 Å². The van der Waals surface area contributed by atoms with Crippen molar-refractivity contribution in [2.45, 2.75) is 25.7 Å². The molecule has 0 unspecified atom stereocenters. The molecule has 1 aromatic heterocycles. The predicted octanol–water partition coefficient (Wildman–Crippen LogP) is 4.84. The molecule has 1 heterocycles. The van der Waals surface area contributed by atoms with Crippen molar-refractivity contribution in [3.8, 4) is 23.3 Å². The highest BCUT2D eigenvalue weighted by Crippen LogP contribution is 2.27. The number of ether oxygens (including phenoxy) is 2. The number of benzene rings is 2. The first-order chi connectivity index (χ1) is 14.3. The van der Waals surface area contributed by atoms with E-state index in [1.807, 2.05) is 18.2 Å². The Hall–Kier alpha value is -3.60. The van der Waals surface area contributed by atoms with Crippen molar-refractivity contribution in [2.24, 2.45) is 0 Å². The first kappa shape index (κ1) is 21.1. The van der Waals surface area contributed by atoms with Gasteiger partial charge < -0.3 is 19.1 Å². The first-order valence-corrected chi connectivity index (χ1v) is 9.09. The van der Waals surface area contributed by atoms with E-state index >= 15 is 0 Å². The number of aliphatic carboxylic acids is 1. The Morgan fingerprint density at radius 3 is 2.57 bits per heavy atom. The van der Waals surface area contributed by atoms with Crippen molar-refractivity contribution < 1.29 is 32.5 Å².